The first kappa shape index (κ1) is 28.3. The summed E-state index contributed by atoms with van der Waals surface area (Å²) in [5.74, 6) is 0. The van der Waals surface area contributed by atoms with Crippen LogP contribution in [0.1, 0.15) is 0 Å². The van der Waals surface area contributed by atoms with Crippen molar-refractivity contribution in [1.29, 1.82) is 0 Å². The van der Waals surface area contributed by atoms with Crippen molar-refractivity contribution in [2.75, 3.05) is 4.90 Å². The van der Waals surface area contributed by atoms with E-state index in [9.17, 15) is 0 Å². The molecule has 0 saturated carbocycles. The van der Waals surface area contributed by atoms with Crippen molar-refractivity contribution in [3.63, 3.8) is 0 Å². The molecule has 0 aliphatic heterocycles. The largest absolute Gasteiger partial charge is 0.310 e. The van der Waals surface area contributed by atoms with Crippen LogP contribution < -0.4 is 4.90 Å². The first-order chi connectivity index (χ1) is 23.8. The predicted molar refractivity (Wildman–Crippen MR) is 208 cm³/mol. The fraction of sp³-hybridized carbons (Fsp3) is 0. The van der Waals surface area contributed by atoms with Gasteiger partial charge in [-0.05, 0) is 69.1 Å². The van der Waals surface area contributed by atoms with E-state index in [-0.39, 0.29) is 0 Å². The molecule has 2 heteroatoms. The fourth-order valence-electron chi connectivity index (χ4n) is 6.97. The lowest BCUT2D eigenvalue weighted by molar-refractivity contribution is 1.30. The van der Waals surface area contributed by atoms with Crippen LogP contribution in [0, 0.1) is 0 Å². The van der Waals surface area contributed by atoms with Gasteiger partial charge in [0.1, 0.15) is 0 Å². The lowest BCUT2D eigenvalue weighted by atomic mass is 9.98. The Morgan fingerprint density at radius 2 is 0.812 bits per heavy atom. The second-order valence-corrected chi connectivity index (χ2v) is 13.2. The van der Waals surface area contributed by atoms with Crippen LogP contribution in [0.3, 0.4) is 0 Å². The molecule has 0 N–H and O–H groups in total. The molecule has 0 radical (unpaired) electrons. The molecule has 0 bridgehead atoms. The maximum absolute atomic E-state index is 2.42. The molecule has 48 heavy (non-hydrogen) atoms. The molecule has 9 rings (SSSR count). The quantitative estimate of drug-likeness (QED) is 0.177. The highest BCUT2D eigenvalue weighted by atomic mass is 32.1. The topological polar surface area (TPSA) is 3.24 Å². The summed E-state index contributed by atoms with van der Waals surface area (Å²) in [4.78, 5) is 2.42. The monoisotopic (exact) mass is 629 g/mol. The Morgan fingerprint density at radius 1 is 0.354 bits per heavy atom. The number of fused-ring (bicyclic) bond motifs is 5. The van der Waals surface area contributed by atoms with Gasteiger partial charge in [-0.2, -0.15) is 0 Å². The molecule has 0 aliphatic carbocycles. The van der Waals surface area contributed by atoms with Crippen LogP contribution >= 0.6 is 11.3 Å². The Labute approximate surface area is 284 Å². The first-order valence-corrected chi connectivity index (χ1v) is 17.2. The van der Waals surface area contributed by atoms with E-state index in [1.807, 2.05) is 11.3 Å². The third-order valence-corrected chi connectivity index (χ3v) is 10.5. The van der Waals surface area contributed by atoms with E-state index in [0.717, 1.165) is 11.4 Å². The molecule has 0 atom stereocenters. The zero-order valence-corrected chi connectivity index (χ0v) is 27.1. The van der Waals surface area contributed by atoms with Gasteiger partial charge < -0.3 is 4.90 Å². The highest BCUT2D eigenvalue weighted by Crippen LogP contribution is 2.48. The Kier molecular flexibility index (Phi) is 7.07. The number of benzene rings is 8. The Bertz CT molecular complexity index is 2430. The number of hydrogen-bond donors (Lipinski definition) is 0. The molecule has 0 saturated heterocycles. The van der Waals surface area contributed by atoms with Crippen molar-refractivity contribution in [2.24, 2.45) is 0 Å². The van der Waals surface area contributed by atoms with Crippen molar-refractivity contribution in [1.82, 2.24) is 0 Å². The van der Waals surface area contributed by atoms with Crippen molar-refractivity contribution in [3.05, 3.63) is 188 Å². The second-order valence-electron chi connectivity index (χ2n) is 12.1. The zero-order valence-electron chi connectivity index (χ0n) is 26.3. The van der Waals surface area contributed by atoms with Gasteiger partial charge in [0.2, 0.25) is 0 Å². The highest BCUT2D eigenvalue weighted by Gasteiger charge is 2.20. The third-order valence-electron chi connectivity index (χ3n) is 9.27. The van der Waals surface area contributed by atoms with Crippen LogP contribution in [0.5, 0.6) is 0 Å². The Hall–Kier alpha value is -5.96. The smallest absolute Gasteiger partial charge is 0.0554 e. The highest BCUT2D eigenvalue weighted by molar-refractivity contribution is 7.26. The summed E-state index contributed by atoms with van der Waals surface area (Å²) in [6.45, 7) is 0. The fourth-order valence-corrected chi connectivity index (χ4v) is 8.26. The summed E-state index contributed by atoms with van der Waals surface area (Å²) < 4.78 is 2.61. The Balaban J connectivity index is 1.27. The number of anilines is 3. The molecule has 1 nitrogen and oxygen atoms in total. The van der Waals surface area contributed by atoms with Crippen LogP contribution in [0.2, 0.25) is 0 Å². The van der Waals surface area contributed by atoms with Gasteiger partial charge in [0, 0.05) is 36.9 Å². The minimum Gasteiger partial charge on any atom is -0.310 e. The standard InChI is InChI=1S/C46H31NS/c1-4-13-32(14-5-1)34-23-27-37(28-24-34)47(38-29-25-35(26-30-38)33-15-6-2-7-16-33)43-31-44-45(41-20-11-10-19-40(41)43)42-22-12-21-39(46(42)48-44)36-17-8-3-9-18-36/h1-31H. The van der Waals surface area contributed by atoms with E-state index < -0.39 is 0 Å². The van der Waals surface area contributed by atoms with E-state index in [0.29, 0.717) is 0 Å². The van der Waals surface area contributed by atoms with Gasteiger partial charge in [0.25, 0.3) is 0 Å². The molecule has 0 unspecified atom stereocenters. The number of thiophene rings is 1. The lowest BCUT2D eigenvalue weighted by Gasteiger charge is -2.27. The van der Waals surface area contributed by atoms with Crippen LogP contribution in [-0.2, 0) is 0 Å². The van der Waals surface area contributed by atoms with Crippen molar-refractivity contribution in [2.45, 2.75) is 0 Å². The maximum Gasteiger partial charge on any atom is 0.0554 e. The summed E-state index contributed by atoms with van der Waals surface area (Å²) in [6.07, 6.45) is 0. The molecular weight excluding hydrogens is 599 g/mol. The molecule has 0 aliphatic rings. The summed E-state index contributed by atoms with van der Waals surface area (Å²) in [5.41, 5.74) is 10.8. The first-order valence-electron chi connectivity index (χ1n) is 16.4. The number of hydrogen-bond acceptors (Lipinski definition) is 2. The number of rotatable bonds is 6. The van der Waals surface area contributed by atoms with Crippen molar-refractivity contribution in [3.8, 4) is 33.4 Å². The SMILES string of the molecule is c1ccc(-c2ccc(N(c3ccc(-c4ccccc4)cc3)c3cc4sc5c(-c6ccccc6)cccc5c4c4ccccc34)cc2)cc1. The average Bonchev–Trinajstić information content (AvgIpc) is 3.56. The molecular formula is C46H31NS. The summed E-state index contributed by atoms with van der Waals surface area (Å²) in [5, 5.41) is 5.14. The van der Waals surface area contributed by atoms with Crippen molar-refractivity contribution < 1.29 is 0 Å². The van der Waals surface area contributed by atoms with Gasteiger partial charge >= 0.3 is 0 Å². The average molecular weight is 630 g/mol. The van der Waals surface area contributed by atoms with Gasteiger partial charge in [-0.25, -0.2) is 0 Å². The van der Waals surface area contributed by atoms with Crippen LogP contribution in [0.25, 0.3) is 64.3 Å². The molecule has 226 valence electrons. The minimum absolute atomic E-state index is 1.12. The normalized spacial score (nSPS) is 11.3. The molecule has 0 fully saturated rings. The van der Waals surface area contributed by atoms with Crippen LogP contribution in [-0.4, -0.2) is 0 Å². The van der Waals surface area contributed by atoms with Gasteiger partial charge in [-0.15, -0.1) is 11.3 Å². The van der Waals surface area contributed by atoms with Gasteiger partial charge in [0.05, 0.1) is 5.69 Å². The van der Waals surface area contributed by atoms with Gasteiger partial charge in [-0.3, -0.25) is 0 Å². The molecule has 9 aromatic rings. The molecule has 8 aromatic carbocycles. The van der Waals surface area contributed by atoms with E-state index in [2.05, 4.69) is 193 Å². The van der Waals surface area contributed by atoms with Crippen molar-refractivity contribution >= 4 is 59.3 Å². The molecule has 0 spiro atoms. The van der Waals surface area contributed by atoms with E-state index >= 15 is 0 Å². The molecule has 1 heterocycles. The zero-order chi connectivity index (χ0) is 31.9. The maximum atomic E-state index is 2.42. The summed E-state index contributed by atoms with van der Waals surface area (Å²) in [6, 6.07) is 68.0. The summed E-state index contributed by atoms with van der Waals surface area (Å²) >= 11 is 1.89. The van der Waals surface area contributed by atoms with E-state index in [1.54, 1.807) is 0 Å². The third kappa shape index (κ3) is 4.95. The molecule has 1 aromatic heterocycles. The number of nitrogens with zero attached hydrogens (tertiary/aromatic N) is 1. The van der Waals surface area contributed by atoms with Gasteiger partial charge in [0.15, 0.2) is 0 Å². The second kappa shape index (κ2) is 12.0. The van der Waals surface area contributed by atoms with E-state index in [4.69, 9.17) is 0 Å². The predicted octanol–water partition coefficient (Wildman–Crippen LogP) is 13.7. The van der Waals surface area contributed by atoms with E-state index in [1.165, 1.54) is 70.0 Å². The molecule has 0 amide bonds. The van der Waals surface area contributed by atoms with Gasteiger partial charge in [-0.1, -0.05) is 158 Å². The summed E-state index contributed by atoms with van der Waals surface area (Å²) in [7, 11) is 0. The minimum atomic E-state index is 1.12. The lowest BCUT2D eigenvalue weighted by Crippen LogP contribution is -2.10. The van der Waals surface area contributed by atoms with Crippen LogP contribution in [0.4, 0.5) is 17.1 Å². The Morgan fingerprint density at radius 3 is 1.38 bits per heavy atom. The van der Waals surface area contributed by atoms with Crippen LogP contribution in [0.15, 0.2) is 188 Å².